The molecular formula is C25H38FNO5. The van der Waals surface area contributed by atoms with Crippen LogP contribution in [0.5, 0.6) is 0 Å². The monoisotopic (exact) mass is 451 g/mol. The van der Waals surface area contributed by atoms with Gasteiger partial charge in [0.25, 0.3) is 0 Å². The number of allylic oxidation sites excluding steroid dienone is 2. The Balaban J connectivity index is 1.71. The Morgan fingerprint density at radius 3 is 2.62 bits per heavy atom. The van der Waals surface area contributed by atoms with Crippen LogP contribution < -0.4 is 5.32 Å². The van der Waals surface area contributed by atoms with Crippen molar-refractivity contribution >= 4 is 5.97 Å². The second-order valence-corrected chi connectivity index (χ2v) is 8.93. The van der Waals surface area contributed by atoms with Gasteiger partial charge in [-0.1, -0.05) is 24.3 Å². The number of aryl methyl sites for hydroxylation is 1. The number of unbranched alkanes of at least 4 members (excludes halogenated alkanes) is 1. The second-order valence-electron chi connectivity index (χ2n) is 8.93. The number of hydrogen-bond donors (Lipinski definition) is 4. The number of carbonyl (C=O) groups excluding carboxylic acids is 1. The van der Waals surface area contributed by atoms with E-state index in [-0.39, 0.29) is 29.9 Å². The Kier molecular flexibility index (Phi) is 11.3. The minimum Gasteiger partial charge on any atom is -0.463 e. The molecule has 1 aromatic rings. The molecule has 0 aromatic heterocycles. The number of halogens is 1. The van der Waals surface area contributed by atoms with Gasteiger partial charge in [-0.2, -0.15) is 0 Å². The number of aliphatic hydroxyl groups excluding tert-OH is 3. The summed E-state index contributed by atoms with van der Waals surface area (Å²) in [6.45, 7) is 3.97. The molecule has 4 N–H and O–H groups in total. The number of ether oxygens (including phenoxy) is 1. The summed E-state index contributed by atoms with van der Waals surface area (Å²) in [5.74, 6) is -0.611. The summed E-state index contributed by atoms with van der Waals surface area (Å²) in [4.78, 5) is 11.5. The minimum absolute atomic E-state index is 0.0980. The van der Waals surface area contributed by atoms with Gasteiger partial charge in [-0.25, -0.2) is 4.39 Å². The van der Waals surface area contributed by atoms with E-state index in [4.69, 9.17) is 4.74 Å². The normalized spacial score (nSPS) is 24.3. The Hall–Kier alpha value is -1.80. The zero-order valence-corrected chi connectivity index (χ0v) is 19.1. The summed E-state index contributed by atoms with van der Waals surface area (Å²) in [6, 6.07) is 5.94. The number of benzene rings is 1. The molecule has 0 aliphatic heterocycles. The Morgan fingerprint density at radius 1 is 1.22 bits per heavy atom. The Morgan fingerprint density at radius 2 is 1.94 bits per heavy atom. The fourth-order valence-corrected chi connectivity index (χ4v) is 4.10. The third-order valence-electron chi connectivity index (χ3n) is 5.82. The molecule has 6 nitrogen and oxygen atoms in total. The van der Waals surface area contributed by atoms with E-state index < -0.39 is 18.3 Å². The lowest BCUT2D eigenvalue weighted by Crippen LogP contribution is -2.44. The fourth-order valence-electron chi connectivity index (χ4n) is 4.10. The van der Waals surface area contributed by atoms with E-state index in [0.29, 0.717) is 45.1 Å². The predicted molar refractivity (Wildman–Crippen MR) is 121 cm³/mol. The van der Waals surface area contributed by atoms with Gasteiger partial charge in [0.2, 0.25) is 0 Å². The Labute approximate surface area is 190 Å². The van der Waals surface area contributed by atoms with Crippen LogP contribution >= 0.6 is 0 Å². The molecule has 1 aliphatic rings. The van der Waals surface area contributed by atoms with Crippen molar-refractivity contribution < 1.29 is 29.2 Å². The van der Waals surface area contributed by atoms with Gasteiger partial charge in [0.05, 0.1) is 24.4 Å². The maximum absolute atomic E-state index is 13.0. The van der Waals surface area contributed by atoms with Crippen LogP contribution in [0, 0.1) is 11.7 Å². The van der Waals surface area contributed by atoms with Gasteiger partial charge < -0.3 is 25.4 Å². The molecule has 0 saturated heterocycles. The van der Waals surface area contributed by atoms with Crippen molar-refractivity contribution in [1.82, 2.24) is 5.32 Å². The quantitative estimate of drug-likeness (QED) is 0.209. The van der Waals surface area contributed by atoms with Crippen LogP contribution in [0.1, 0.15) is 57.9 Å². The highest BCUT2D eigenvalue weighted by Gasteiger charge is 2.40. The zero-order chi connectivity index (χ0) is 23.5. The maximum atomic E-state index is 13.0. The largest absolute Gasteiger partial charge is 0.463 e. The molecule has 1 saturated carbocycles. The first kappa shape index (κ1) is 26.5. The van der Waals surface area contributed by atoms with Crippen molar-refractivity contribution in [2.75, 3.05) is 6.54 Å². The van der Waals surface area contributed by atoms with Crippen LogP contribution in [-0.4, -0.2) is 58.3 Å². The van der Waals surface area contributed by atoms with Crippen molar-refractivity contribution in [2.24, 2.45) is 5.92 Å². The average molecular weight is 452 g/mol. The lowest BCUT2D eigenvalue weighted by atomic mass is 9.96. The summed E-state index contributed by atoms with van der Waals surface area (Å²) >= 11 is 0. The van der Waals surface area contributed by atoms with E-state index in [2.05, 4.69) is 5.32 Å². The Bertz CT molecular complexity index is 709. The van der Waals surface area contributed by atoms with Crippen LogP contribution in [0.4, 0.5) is 4.39 Å². The molecule has 0 heterocycles. The lowest BCUT2D eigenvalue weighted by Gasteiger charge is -2.25. The summed E-state index contributed by atoms with van der Waals surface area (Å²) in [6.07, 6.45) is 5.92. The molecule has 1 fully saturated rings. The zero-order valence-electron chi connectivity index (χ0n) is 19.1. The van der Waals surface area contributed by atoms with E-state index in [1.165, 1.54) is 12.1 Å². The van der Waals surface area contributed by atoms with Crippen molar-refractivity contribution in [1.29, 1.82) is 0 Å². The lowest BCUT2D eigenvalue weighted by molar-refractivity contribution is -0.147. The summed E-state index contributed by atoms with van der Waals surface area (Å²) in [7, 11) is 0. The predicted octanol–water partition coefficient (Wildman–Crippen LogP) is 2.89. The molecule has 0 radical (unpaired) electrons. The number of rotatable bonds is 13. The van der Waals surface area contributed by atoms with Crippen LogP contribution in [0.3, 0.4) is 0 Å². The van der Waals surface area contributed by atoms with Crippen molar-refractivity contribution in [3.63, 3.8) is 0 Å². The molecule has 1 aromatic carbocycles. The molecule has 0 spiro atoms. The summed E-state index contributed by atoms with van der Waals surface area (Å²) < 4.78 is 18.1. The number of nitrogens with one attached hydrogen (secondary N) is 1. The first-order valence-corrected chi connectivity index (χ1v) is 11.6. The fraction of sp³-hybridized carbons (Fsp3) is 0.640. The molecule has 5 atom stereocenters. The van der Waals surface area contributed by atoms with Gasteiger partial charge in [-0.05, 0) is 63.6 Å². The number of hydrogen-bond acceptors (Lipinski definition) is 6. The second kappa shape index (κ2) is 13.7. The van der Waals surface area contributed by atoms with Crippen LogP contribution in [-0.2, 0) is 16.0 Å². The molecule has 1 aliphatic carbocycles. The molecule has 2 rings (SSSR count). The average Bonchev–Trinajstić information content (AvgIpc) is 3.00. The van der Waals surface area contributed by atoms with Crippen molar-refractivity contribution in [3.8, 4) is 0 Å². The molecule has 0 bridgehead atoms. The molecule has 0 amide bonds. The molecule has 0 unspecified atom stereocenters. The van der Waals surface area contributed by atoms with Crippen LogP contribution in [0.2, 0.25) is 0 Å². The number of carbonyl (C=O) groups is 1. The molecule has 7 heteroatoms. The topological polar surface area (TPSA) is 99.0 Å². The van der Waals surface area contributed by atoms with E-state index in [1.807, 2.05) is 26.0 Å². The summed E-state index contributed by atoms with van der Waals surface area (Å²) in [5, 5.41) is 34.2. The standard InChI is InChI=1S/C25H38FNO5/c1-17(2)32-24(31)8-6-4-3-5-7-21-22(29)15-23(30)25(21)27-16-20(28)14-11-18-9-12-19(26)13-10-18/h3,5,9-10,12-13,17,20-23,25,27-30H,4,6-8,11,14-16H2,1-2H3/b5-3-/t20-,21+,22+,23-,25-/m1/s1. The van der Waals surface area contributed by atoms with E-state index in [1.54, 1.807) is 12.1 Å². The third-order valence-corrected chi connectivity index (χ3v) is 5.82. The first-order valence-electron chi connectivity index (χ1n) is 11.6. The van der Waals surface area contributed by atoms with Gasteiger partial charge in [0.15, 0.2) is 0 Å². The first-order chi connectivity index (χ1) is 15.3. The highest BCUT2D eigenvalue weighted by molar-refractivity contribution is 5.69. The van der Waals surface area contributed by atoms with Gasteiger partial charge >= 0.3 is 5.97 Å². The van der Waals surface area contributed by atoms with Crippen LogP contribution in [0.25, 0.3) is 0 Å². The highest BCUT2D eigenvalue weighted by atomic mass is 19.1. The SMILES string of the molecule is CC(C)OC(=O)CCC/C=C\C[C@@H]1[C@@H](NC[C@H](O)CCc2ccc(F)cc2)[C@H](O)C[C@@H]1O. The van der Waals surface area contributed by atoms with Gasteiger partial charge in [0.1, 0.15) is 5.82 Å². The van der Waals surface area contributed by atoms with E-state index in [9.17, 15) is 24.5 Å². The van der Waals surface area contributed by atoms with Gasteiger partial charge in [0, 0.05) is 31.3 Å². The smallest absolute Gasteiger partial charge is 0.306 e. The molecule has 180 valence electrons. The van der Waals surface area contributed by atoms with Crippen molar-refractivity contribution in [3.05, 3.63) is 47.8 Å². The highest BCUT2D eigenvalue weighted by Crippen LogP contribution is 2.30. The molecular weight excluding hydrogens is 413 g/mol. The van der Waals surface area contributed by atoms with E-state index in [0.717, 1.165) is 12.0 Å². The van der Waals surface area contributed by atoms with Crippen LogP contribution in [0.15, 0.2) is 36.4 Å². The van der Waals surface area contributed by atoms with Gasteiger partial charge in [-0.3, -0.25) is 4.79 Å². The minimum atomic E-state index is -0.668. The van der Waals surface area contributed by atoms with E-state index >= 15 is 0 Å². The maximum Gasteiger partial charge on any atom is 0.306 e. The summed E-state index contributed by atoms with van der Waals surface area (Å²) in [5.41, 5.74) is 0.960. The van der Waals surface area contributed by atoms with Gasteiger partial charge in [-0.15, -0.1) is 0 Å². The number of aliphatic hydroxyl groups is 3. The molecule has 32 heavy (non-hydrogen) atoms. The third kappa shape index (κ3) is 9.36. The number of esters is 1. The van der Waals surface area contributed by atoms with Crippen molar-refractivity contribution in [2.45, 2.75) is 89.3 Å².